The van der Waals surface area contributed by atoms with Gasteiger partial charge >= 0.3 is 0 Å². The number of hydrogen-bond donors (Lipinski definition) is 1. The van der Waals surface area contributed by atoms with Crippen molar-refractivity contribution in [3.63, 3.8) is 0 Å². The van der Waals surface area contributed by atoms with Crippen molar-refractivity contribution in [3.8, 4) is 5.88 Å². The minimum absolute atomic E-state index is 0.0754. The molecular formula is C7H7F2IN2O. The lowest BCUT2D eigenvalue weighted by Gasteiger charge is -2.08. The first kappa shape index (κ1) is 10.4. The van der Waals surface area contributed by atoms with Gasteiger partial charge in [-0.3, -0.25) is 0 Å². The second-order valence-corrected chi connectivity index (χ2v) is 3.29. The van der Waals surface area contributed by atoms with Crippen LogP contribution in [0, 0.1) is 3.70 Å². The highest BCUT2D eigenvalue weighted by Crippen LogP contribution is 2.30. The molecule has 1 aromatic rings. The van der Waals surface area contributed by atoms with Crippen LogP contribution in [-0.4, -0.2) is 12.1 Å². The van der Waals surface area contributed by atoms with Gasteiger partial charge in [-0.25, -0.2) is 13.8 Å². The highest BCUT2D eigenvalue weighted by Gasteiger charge is 2.17. The number of methoxy groups -OCH3 is 1. The predicted molar refractivity (Wildman–Crippen MR) is 52.9 cm³/mol. The van der Waals surface area contributed by atoms with Crippen LogP contribution < -0.4 is 10.5 Å². The second-order valence-electron chi connectivity index (χ2n) is 2.27. The topological polar surface area (TPSA) is 48.1 Å². The largest absolute Gasteiger partial charge is 0.481 e. The van der Waals surface area contributed by atoms with E-state index in [1.807, 2.05) is 22.6 Å². The maximum Gasteiger partial charge on any atom is 0.269 e. The first-order chi connectivity index (χ1) is 6.06. The van der Waals surface area contributed by atoms with Crippen molar-refractivity contribution < 1.29 is 13.5 Å². The van der Waals surface area contributed by atoms with Gasteiger partial charge in [0.2, 0.25) is 5.88 Å². The molecule has 2 N–H and O–H groups in total. The molecule has 6 heteroatoms. The van der Waals surface area contributed by atoms with Crippen molar-refractivity contribution in [1.29, 1.82) is 0 Å². The number of anilines is 1. The number of halogens is 3. The van der Waals surface area contributed by atoms with Crippen molar-refractivity contribution >= 4 is 28.3 Å². The third kappa shape index (κ3) is 2.17. The van der Waals surface area contributed by atoms with Crippen LogP contribution in [0.2, 0.25) is 0 Å². The van der Waals surface area contributed by atoms with Crippen LogP contribution in [0.5, 0.6) is 5.88 Å². The van der Waals surface area contributed by atoms with E-state index in [2.05, 4.69) is 4.98 Å². The van der Waals surface area contributed by atoms with Gasteiger partial charge in [0.1, 0.15) is 3.70 Å². The molecule has 1 heterocycles. The van der Waals surface area contributed by atoms with Gasteiger partial charge in [0.15, 0.2) is 0 Å². The monoisotopic (exact) mass is 300 g/mol. The van der Waals surface area contributed by atoms with Crippen LogP contribution in [-0.2, 0) is 0 Å². The van der Waals surface area contributed by atoms with Crippen molar-refractivity contribution in [2.75, 3.05) is 12.8 Å². The molecule has 0 aliphatic carbocycles. The fourth-order valence-electron chi connectivity index (χ4n) is 0.827. The summed E-state index contributed by atoms with van der Waals surface area (Å²) in [7, 11) is 1.29. The molecule has 0 aliphatic heterocycles. The van der Waals surface area contributed by atoms with E-state index in [1.165, 1.54) is 13.2 Å². The van der Waals surface area contributed by atoms with Gasteiger partial charge in [-0.1, -0.05) is 0 Å². The lowest BCUT2D eigenvalue weighted by Crippen LogP contribution is -2.01. The molecule has 0 spiro atoms. The summed E-state index contributed by atoms with van der Waals surface area (Å²) in [5.41, 5.74) is 5.38. The molecule has 0 radical (unpaired) electrons. The number of ether oxygens (including phenoxy) is 1. The molecule has 1 aromatic heterocycles. The normalized spacial score (nSPS) is 10.5. The summed E-state index contributed by atoms with van der Waals surface area (Å²) in [5, 5.41) is 0. The van der Waals surface area contributed by atoms with Gasteiger partial charge in [0, 0.05) is 0 Å². The Hall–Kier alpha value is -0.660. The molecule has 0 aliphatic rings. The molecule has 0 aromatic carbocycles. The van der Waals surface area contributed by atoms with E-state index in [9.17, 15) is 8.78 Å². The van der Waals surface area contributed by atoms with E-state index in [-0.39, 0.29) is 17.1 Å². The highest BCUT2D eigenvalue weighted by molar-refractivity contribution is 14.1. The lowest BCUT2D eigenvalue weighted by molar-refractivity contribution is 0.146. The number of nitrogens with two attached hydrogens (primary N) is 1. The van der Waals surface area contributed by atoms with Gasteiger partial charge in [0.05, 0.1) is 18.4 Å². The predicted octanol–water partition coefficient (Wildman–Crippen LogP) is 2.21. The molecule has 0 fully saturated rings. The van der Waals surface area contributed by atoms with E-state index in [4.69, 9.17) is 10.5 Å². The Morgan fingerprint density at radius 1 is 1.62 bits per heavy atom. The average Bonchev–Trinajstić information content (AvgIpc) is 2.08. The van der Waals surface area contributed by atoms with Crippen molar-refractivity contribution in [1.82, 2.24) is 4.98 Å². The third-order valence-corrected chi connectivity index (χ3v) is 2.29. The molecule has 13 heavy (non-hydrogen) atoms. The SMILES string of the molecule is COc1nc(I)c(N)cc1C(F)F. The highest BCUT2D eigenvalue weighted by atomic mass is 127. The Balaban J connectivity index is 3.25. The Labute approximate surface area is 87.4 Å². The number of pyridine rings is 1. The third-order valence-electron chi connectivity index (χ3n) is 1.42. The minimum Gasteiger partial charge on any atom is -0.481 e. The van der Waals surface area contributed by atoms with E-state index < -0.39 is 6.43 Å². The van der Waals surface area contributed by atoms with Crippen LogP contribution in [0.15, 0.2) is 6.07 Å². The summed E-state index contributed by atoms with van der Waals surface area (Å²) >= 11 is 1.85. The molecule has 3 nitrogen and oxygen atoms in total. The number of nitrogen functional groups attached to an aromatic ring is 1. The number of aromatic nitrogens is 1. The summed E-state index contributed by atoms with van der Waals surface area (Å²) in [6.07, 6.45) is -2.62. The molecule has 0 amide bonds. The van der Waals surface area contributed by atoms with E-state index in [1.54, 1.807) is 0 Å². The fourth-order valence-corrected chi connectivity index (χ4v) is 1.20. The smallest absolute Gasteiger partial charge is 0.269 e. The Bertz CT molecular complexity index is 320. The van der Waals surface area contributed by atoms with E-state index in [0.717, 1.165) is 0 Å². The number of rotatable bonds is 2. The molecule has 72 valence electrons. The zero-order valence-corrected chi connectivity index (χ0v) is 8.88. The molecule has 0 saturated heterocycles. The van der Waals surface area contributed by atoms with Crippen LogP contribution in [0.3, 0.4) is 0 Å². The Morgan fingerprint density at radius 3 is 2.69 bits per heavy atom. The van der Waals surface area contributed by atoms with Gasteiger partial charge < -0.3 is 10.5 Å². The van der Waals surface area contributed by atoms with Crippen LogP contribution in [0.1, 0.15) is 12.0 Å². The average molecular weight is 300 g/mol. The first-order valence-electron chi connectivity index (χ1n) is 3.34. The quantitative estimate of drug-likeness (QED) is 0.673. The Kier molecular flexibility index (Phi) is 3.23. The number of hydrogen-bond acceptors (Lipinski definition) is 3. The molecular weight excluding hydrogens is 293 g/mol. The zero-order chi connectivity index (χ0) is 10.0. The lowest BCUT2D eigenvalue weighted by atomic mass is 10.2. The molecule has 0 atom stereocenters. The summed E-state index contributed by atoms with van der Waals surface area (Å²) < 4.78 is 29.8. The molecule has 0 saturated carbocycles. The van der Waals surface area contributed by atoms with E-state index in [0.29, 0.717) is 3.70 Å². The summed E-state index contributed by atoms with van der Waals surface area (Å²) in [5.74, 6) is -0.0754. The van der Waals surface area contributed by atoms with Gasteiger partial charge in [-0.2, -0.15) is 0 Å². The molecule has 0 unspecified atom stereocenters. The van der Waals surface area contributed by atoms with Gasteiger partial charge in [0.25, 0.3) is 6.43 Å². The zero-order valence-electron chi connectivity index (χ0n) is 6.72. The second kappa shape index (κ2) is 4.03. The molecule has 1 rings (SSSR count). The minimum atomic E-state index is -2.62. The van der Waals surface area contributed by atoms with E-state index >= 15 is 0 Å². The van der Waals surface area contributed by atoms with Gasteiger partial charge in [-0.15, -0.1) is 0 Å². The van der Waals surface area contributed by atoms with Crippen LogP contribution in [0.4, 0.5) is 14.5 Å². The van der Waals surface area contributed by atoms with Gasteiger partial charge in [-0.05, 0) is 28.7 Å². The van der Waals surface area contributed by atoms with Crippen molar-refractivity contribution in [2.24, 2.45) is 0 Å². The number of nitrogens with zero attached hydrogens (tertiary/aromatic N) is 1. The van der Waals surface area contributed by atoms with Crippen molar-refractivity contribution in [2.45, 2.75) is 6.43 Å². The maximum atomic E-state index is 12.3. The summed E-state index contributed by atoms with van der Waals surface area (Å²) in [6.45, 7) is 0. The summed E-state index contributed by atoms with van der Waals surface area (Å²) in [4.78, 5) is 3.77. The summed E-state index contributed by atoms with van der Waals surface area (Å²) in [6, 6.07) is 1.18. The standard InChI is InChI=1S/C7H7F2IN2O/c1-13-7-3(5(8)9)2-4(11)6(10)12-7/h2,5H,11H2,1H3. The van der Waals surface area contributed by atoms with Crippen LogP contribution >= 0.6 is 22.6 Å². The Morgan fingerprint density at radius 2 is 2.23 bits per heavy atom. The maximum absolute atomic E-state index is 12.3. The number of alkyl halides is 2. The molecule has 0 bridgehead atoms. The fraction of sp³-hybridized carbons (Fsp3) is 0.286. The van der Waals surface area contributed by atoms with Crippen LogP contribution in [0.25, 0.3) is 0 Å². The first-order valence-corrected chi connectivity index (χ1v) is 4.42. The van der Waals surface area contributed by atoms with Crippen molar-refractivity contribution in [3.05, 3.63) is 15.3 Å².